The van der Waals surface area contributed by atoms with E-state index < -0.39 is 29.2 Å². The van der Waals surface area contributed by atoms with Crippen molar-refractivity contribution < 1.29 is 29.0 Å². The third-order valence-corrected chi connectivity index (χ3v) is 6.66. The average molecular weight is 427 g/mol. The Morgan fingerprint density at radius 2 is 2.13 bits per heavy atom. The Morgan fingerprint density at radius 3 is 2.74 bits per heavy atom. The Kier molecular flexibility index (Phi) is 6.36. The zero-order chi connectivity index (χ0) is 22.9. The maximum atomic E-state index is 12.4. The summed E-state index contributed by atoms with van der Waals surface area (Å²) in [4.78, 5) is 36.0. The van der Waals surface area contributed by atoms with Crippen LogP contribution in [0.3, 0.4) is 0 Å². The maximum Gasteiger partial charge on any atom is 0.342 e. The van der Waals surface area contributed by atoms with E-state index in [0.29, 0.717) is 36.1 Å². The fourth-order valence-corrected chi connectivity index (χ4v) is 4.56. The number of carboxylic acids is 1. The van der Waals surface area contributed by atoms with Crippen molar-refractivity contribution in [1.29, 1.82) is 0 Å². The van der Waals surface area contributed by atoms with Crippen molar-refractivity contribution in [1.82, 2.24) is 5.32 Å². The Morgan fingerprint density at radius 1 is 1.42 bits per heavy atom. The Balaban J connectivity index is 2.14. The third-order valence-electron chi connectivity index (χ3n) is 6.66. The van der Waals surface area contributed by atoms with Gasteiger partial charge in [0, 0.05) is 30.0 Å². The molecule has 2 atom stereocenters. The van der Waals surface area contributed by atoms with Gasteiger partial charge in [-0.2, -0.15) is 0 Å². The molecule has 1 unspecified atom stereocenters. The second-order valence-corrected chi connectivity index (χ2v) is 8.41. The first-order valence-corrected chi connectivity index (χ1v) is 10.4. The number of ether oxygens (including phenoxy) is 2. The number of rotatable bonds is 6. The Hall–Kier alpha value is -2.93. The maximum absolute atomic E-state index is 12.4. The number of carboxylic acid groups (broad SMARTS) is 1. The molecule has 0 saturated carbocycles. The largest absolute Gasteiger partial charge is 0.481 e. The van der Waals surface area contributed by atoms with E-state index in [1.165, 1.54) is 6.92 Å². The van der Waals surface area contributed by atoms with Crippen LogP contribution in [-0.2, 0) is 27.4 Å². The first-order valence-electron chi connectivity index (χ1n) is 10.4. The molecule has 1 aromatic rings. The molecule has 3 rings (SSSR count). The molecule has 2 aliphatic rings. The SMILES string of the molecule is C=Cc1c(C)c2c(c(OC(C)=O)c1C/C=C1\CCNC[C@@]1(C)C(C)C(=O)O)C(=O)OC2. The molecule has 1 aromatic carbocycles. The second-order valence-electron chi connectivity index (χ2n) is 8.41. The van der Waals surface area contributed by atoms with Gasteiger partial charge in [-0.05, 0) is 37.4 Å². The number of aliphatic carboxylic acids is 1. The highest BCUT2D eigenvalue weighted by Crippen LogP contribution is 2.42. The lowest BCUT2D eigenvalue weighted by molar-refractivity contribution is -0.144. The molecule has 31 heavy (non-hydrogen) atoms. The molecule has 1 saturated heterocycles. The molecule has 0 spiro atoms. The van der Waals surface area contributed by atoms with E-state index in [9.17, 15) is 19.5 Å². The summed E-state index contributed by atoms with van der Waals surface area (Å²) in [7, 11) is 0. The molecule has 0 radical (unpaired) electrons. The summed E-state index contributed by atoms with van der Waals surface area (Å²) in [6.07, 6.45) is 4.80. The van der Waals surface area contributed by atoms with Crippen LogP contribution < -0.4 is 10.1 Å². The van der Waals surface area contributed by atoms with Crippen molar-refractivity contribution >= 4 is 24.0 Å². The van der Waals surface area contributed by atoms with Crippen LogP contribution in [0.2, 0.25) is 0 Å². The third kappa shape index (κ3) is 4.02. The number of allylic oxidation sites excluding steroid dienone is 1. The molecule has 2 aliphatic heterocycles. The summed E-state index contributed by atoms with van der Waals surface area (Å²) in [6, 6.07) is 0. The van der Waals surface area contributed by atoms with E-state index in [2.05, 4.69) is 11.9 Å². The van der Waals surface area contributed by atoms with Gasteiger partial charge in [-0.15, -0.1) is 0 Å². The summed E-state index contributed by atoms with van der Waals surface area (Å²) < 4.78 is 10.7. The van der Waals surface area contributed by atoms with E-state index in [4.69, 9.17) is 9.47 Å². The molecule has 1 fully saturated rings. The number of fused-ring (bicyclic) bond motifs is 1. The van der Waals surface area contributed by atoms with Crippen LogP contribution >= 0.6 is 0 Å². The number of nitrogens with one attached hydrogen (secondary N) is 1. The molecule has 0 bridgehead atoms. The predicted octanol–water partition coefficient (Wildman–Crippen LogP) is 3.42. The van der Waals surface area contributed by atoms with Gasteiger partial charge in [0.15, 0.2) is 0 Å². The summed E-state index contributed by atoms with van der Waals surface area (Å²) in [5.74, 6) is -2.24. The highest BCUT2D eigenvalue weighted by atomic mass is 16.6. The van der Waals surface area contributed by atoms with Gasteiger partial charge in [0.25, 0.3) is 0 Å². The normalized spacial score (nSPS) is 22.6. The van der Waals surface area contributed by atoms with Crippen molar-refractivity contribution in [2.45, 2.75) is 47.1 Å². The monoisotopic (exact) mass is 427 g/mol. The van der Waals surface area contributed by atoms with Crippen molar-refractivity contribution in [3.8, 4) is 5.75 Å². The number of hydrogen-bond acceptors (Lipinski definition) is 6. The molecule has 0 aromatic heterocycles. The van der Waals surface area contributed by atoms with Crippen molar-refractivity contribution in [2.75, 3.05) is 13.1 Å². The second kappa shape index (κ2) is 8.67. The number of esters is 2. The highest BCUT2D eigenvalue weighted by Gasteiger charge is 2.40. The first-order chi connectivity index (χ1) is 14.6. The summed E-state index contributed by atoms with van der Waals surface area (Å²) in [5, 5.41) is 12.9. The van der Waals surface area contributed by atoms with Crippen LogP contribution in [0, 0.1) is 18.3 Å². The molecule has 166 valence electrons. The van der Waals surface area contributed by atoms with Gasteiger partial charge in [0.1, 0.15) is 17.9 Å². The number of piperidine rings is 1. The Labute approximate surface area is 182 Å². The summed E-state index contributed by atoms with van der Waals surface area (Å²) in [6.45, 7) is 12.2. The minimum absolute atomic E-state index is 0.135. The van der Waals surface area contributed by atoms with E-state index in [-0.39, 0.29) is 12.4 Å². The summed E-state index contributed by atoms with van der Waals surface area (Å²) in [5.41, 5.74) is 3.82. The number of carbonyl (C=O) groups excluding carboxylic acids is 2. The average Bonchev–Trinajstić information content (AvgIpc) is 3.10. The fourth-order valence-electron chi connectivity index (χ4n) is 4.56. The van der Waals surface area contributed by atoms with Crippen molar-refractivity contribution in [3.63, 3.8) is 0 Å². The fraction of sp³-hybridized carbons (Fsp3) is 0.458. The van der Waals surface area contributed by atoms with Gasteiger partial charge in [-0.25, -0.2) is 4.79 Å². The van der Waals surface area contributed by atoms with Gasteiger partial charge in [-0.1, -0.05) is 38.2 Å². The van der Waals surface area contributed by atoms with Crippen LogP contribution in [0.4, 0.5) is 0 Å². The molecule has 0 amide bonds. The van der Waals surface area contributed by atoms with Gasteiger partial charge in [-0.3, -0.25) is 9.59 Å². The van der Waals surface area contributed by atoms with E-state index in [0.717, 1.165) is 23.2 Å². The van der Waals surface area contributed by atoms with Crippen LogP contribution in [0.15, 0.2) is 18.2 Å². The minimum atomic E-state index is -0.847. The smallest absolute Gasteiger partial charge is 0.342 e. The van der Waals surface area contributed by atoms with Crippen molar-refractivity contribution in [2.24, 2.45) is 11.3 Å². The van der Waals surface area contributed by atoms with E-state index >= 15 is 0 Å². The van der Waals surface area contributed by atoms with Crippen molar-refractivity contribution in [3.05, 3.63) is 46.0 Å². The van der Waals surface area contributed by atoms with Gasteiger partial charge >= 0.3 is 17.9 Å². The lowest BCUT2D eigenvalue weighted by atomic mass is 9.68. The highest BCUT2D eigenvalue weighted by molar-refractivity contribution is 5.99. The molecule has 2 N–H and O–H groups in total. The van der Waals surface area contributed by atoms with Crippen LogP contribution in [0.1, 0.15) is 59.8 Å². The van der Waals surface area contributed by atoms with E-state index in [1.807, 2.05) is 19.9 Å². The molecule has 7 nitrogen and oxygen atoms in total. The number of cyclic esters (lactones) is 1. The first kappa shape index (κ1) is 22.7. The topological polar surface area (TPSA) is 102 Å². The number of hydrogen-bond donors (Lipinski definition) is 2. The Bertz CT molecular complexity index is 993. The summed E-state index contributed by atoms with van der Waals surface area (Å²) >= 11 is 0. The van der Waals surface area contributed by atoms with Crippen LogP contribution in [0.25, 0.3) is 6.08 Å². The molecule has 7 heteroatoms. The molecular weight excluding hydrogens is 398 g/mol. The minimum Gasteiger partial charge on any atom is -0.481 e. The molecule has 0 aliphatic carbocycles. The quantitative estimate of drug-likeness (QED) is 0.407. The van der Waals surface area contributed by atoms with E-state index in [1.54, 1.807) is 13.0 Å². The van der Waals surface area contributed by atoms with Crippen LogP contribution in [-0.4, -0.2) is 36.1 Å². The molecule has 2 heterocycles. The lowest BCUT2D eigenvalue weighted by Gasteiger charge is -2.40. The number of benzene rings is 1. The lowest BCUT2D eigenvalue weighted by Crippen LogP contribution is -2.46. The zero-order valence-electron chi connectivity index (χ0n) is 18.5. The van der Waals surface area contributed by atoms with Gasteiger partial charge in [0.05, 0.1) is 5.92 Å². The van der Waals surface area contributed by atoms with Gasteiger partial charge in [0.2, 0.25) is 0 Å². The number of carbonyl (C=O) groups is 3. The predicted molar refractivity (Wildman–Crippen MR) is 116 cm³/mol. The standard InChI is InChI=1S/C24H29NO6/c1-6-17-13(2)19-11-30-23(29)20(19)21(31-15(4)26)18(17)8-7-16-9-10-25-12-24(16,5)14(3)22(27)28/h6-7,14,25H,1,8-12H2,2-5H3,(H,27,28)/b16-7+/t14?,24-/m0/s1. The zero-order valence-corrected chi connectivity index (χ0v) is 18.5. The van der Waals surface area contributed by atoms with Gasteiger partial charge < -0.3 is 19.9 Å². The molecular formula is C24H29NO6. The van der Waals surface area contributed by atoms with Crippen LogP contribution in [0.5, 0.6) is 5.75 Å².